The third-order valence-electron chi connectivity index (χ3n) is 2.26. The zero-order valence-electron chi connectivity index (χ0n) is 10.1. The first-order valence-electron chi connectivity index (χ1n) is 5.51. The molecule has 0 unspecified atom stereocenters. The van der Waals surface area contributed by atoms with Gasteiger partial charge in [-0.15, -0.1) is 0 Å². The highest BCUT2D eigenvalue weighted by Gasteiger charge is 2.08. The van der Waals surface area contributed by atoms with Crippen molar-refractivity contribution in [2.75, 3.05) is 6.61 Å². The molecule has 6 heteroatoms. The smallest absolute Gasteiger partial charge is 0.341 e. The molecule has 0 aliphatic carbocycles. The summed E-state index contributed by atoms with van der Waals surface area (Å²) in [6.45, 7) is 1.23. The van der Waals surface area contributed by atoms with Crippen LogP contribution in [0.2, 0.25) is 0 Å². The molecule has 0 atom stereocenters. The van der Waals surface area contributed by atoms with E-state index in [9.17, 15) is 9.18 Å². The molecular formula is C13H11FN2O3. The van der Waals surface area contributed by atoms with Gasteiger partial charge in [0.15, 0.2) is 12.4 Å². The van der Waals surface area contributed by atoms with Gasteiger partial charge in [-0.05, 0) is 19.1 Å². The van der Waals surface area contributed by atoms with Gasteiger partial charge < -0.3 is 9.84 Å². The number of carboxylic acid groups (broad SMARTS) is 1. The van der Waals surface area contributed by atoms with E-state index in [2.05, 4.69) is 9.97 Å². The van der Waals surface area contributed by atoms with E-state index in [0.29, 0.717) is 17.1 Å². The van der Waals surface area contributed by atoms with E-state index in [1.807, 2.05) is 0 Å². The second-order valence-electron chi connectivity index (χ2n) is 3.86. The number of aryl methyl sites for hydroxylation is 1. The minimum atomic E-state index is -1.09. The monoisotopic (exact) mass is 262 g/mol. The van der Waals surface area contributed by atoms with Crippen LogP contribution in [0.15, 0.2) is 30.3 Å². The molecule has 1 heterocycles. The molecule has 19 heavy (non-hydrogen) atoms. The molecule has 0 saturated heterocycles. The molecule has 2 aromatic rings. The number of nitrogens with zero attached hydrogens (tertiary/aromatic N) is 2. The molecule has 0 fully saturated rings. The van der Waals surface area contributed by atoms with Crippen LogP contribution < -0.4 is 4.74 Å². The van der Waals surface area contributed by atoms with E-state index < -0.39 is 18.4 Å². The number of carbonyl (C=O) groups is 1. The Kier molecular flexibility index (Phi) is 3.70. The van der Waals surface area contributed by atoms with E-state index in [1.165, 1.54) is 18.2 Å². The standard InChI is InChI=1S/C13H11FN2O3/c1-8-5-11(19-7-12(17)18)16-13(15-8)9-3-2-4-10(14)6-9/h2-6H,7H2,1H3,(H,17,18). The van der Waals surface area contributed by atoms with Gasteiger partial charge >= 0.3 is 5.97 Å². The molecule has 5 nitrogen and oxygen atoms in total. The topological polar surface area (TPSA) is 72.3 Å². The average Bonchev–Trinajstić information content (AvgIpc) is 2.36. The summed E-state index contributed by atoms with van der Waals surface area (Å²) >= 11 is 0. The van der Waals surface area contributed by atoms with Crippen LogP contribution in [0.4, 0.5) is 4.39 Å². The largest absolute Gasteiger partial charge is 0.479 e. The molecule has 0 aliphatic rings. The molecule has 1 aromatic carbocycles. The Balaban J connectivity index is 2.33. The number of rotatable bonds is 4. The normalized spacial score (nSPS) is 10.2. The van der Waals surface area contributed by atoms with E-state index in [4.69, 9.17) is 9.84 Å². The first-order chi connectivity index (χ1) is 9.04. The molecule has 0 aliphatic heterocycles. The fourth-order valence-corrected chi connectivity index (χ4v) is 1.51. The molecule has 98 valence electrons. The number of carboxylic acids is 1. The Morgan fingerprint density at radius 2 is 2.16 bits per heavy atom. The van der Waals surface area contributed by atoms with Crippen molar-refractivity contribution in [3.05, 3.63) is 41.8 Å². The van der Waals surface area contributed by atoms with Gasteiger partial charge in [0.1, 0.15) is 5.82 Å². The zero-order chi connectivity index (χ0) is 13.8. The predicted octanol–water partition coefficient (Wildman–Crippen LogP) is 2.05. The highest BCUT2D eigenvalue weighted by Crippen LogP contribution is 2.19. The van der Waals surface area contributed by atoms with Crippen LogP contribution in [0.1, 0.15) is 5.69 Å². The Morgan fingerprint density at radius 1 is 1.37 bits per heavy atom. The second kappa shape index (κ2) is 5.43. The first kappa shape index (κ1) is 12.9. The molecule has 0 spiro atoms. The van der Waals surface area contributed by atoms with Crippen LogP contribution in [-0.2, 0) is 4.79 Å². The summed E-state index contributed by atoms with van der Waals surface area (Å²) < 4.78 is 18.1. The summed E-state index contributed by atoms with van der Waals surface area (Å²) in [5.41, 5.74) is 1.11. The molecule has 0 bridgehead atoms. The number of aromatic nitrogens is 2. The van der Waals surface area contributed by atoms with Crippen molar-refractivity contribution in [1.82, 2.24) is 9.97 Å². The molecular weight excluding hydrogens is 251 g/mol. The van der Waals surface area contributed by atoms with Crippen molar-refractivity contribution < 1.29 is 19.0 Å². The second-order valence-corrected chi connectivity index (χ2v) is 3.86. The maximum absolute atomic E-state index is 13.1. The lowest BCUT2D eigenvalue weighted by Gasteiger charge is -2.06. The fourth-order valence-electron chi connectivity index (χ4n) is 1.51. The Bertz CT molecular complexity index is 617. The van der Waals surface area contributed by atoms with Crippen molar-refractivity contribution in [2.45, 2.75) is 6.92 Å². The summed E-state index contributed by atoms with van der Waals surface area (Å²) in [6, 6.07) is 7.36. The van der Waals surface area contributed by atoms with Gasteiger partial charge in [-0.2, -0.15) is 4.98 Å². The highest BCUT2D eigenvalue weighted by molar-refractivity contribution is 5.68. The summed E-state index contributed by atoms with van der Waals surface area (Å²) in [6.07, 6.45) is 0. The number of benzene rings is 1. The van der Waals surface area contributed by atoms with Crippen LogP contribution in [0.3, 0.4) is 0 Å². The molecule has 2 rings (SSSR count). The van der Waals surface area contributed by atoms with Crippen LogP contribution in [0.5, 0.6) is 5.88 Å². The van der Waals surface area contributed by atoms with Gasteiger partial charge in [-0.1, -0.05) is 12.1 Å². The van der Waals surface area contributed by atoms with Gasteiger partial charge in [0.2, 0.25) is 5.88 Å². The number of hydrogen-bond donors (Lipinski definition) is 1. The lowest BCUT2D eigenvalue weighted by Crippen LogP contribution is -2.11. The Morgan fingerprint density at radius 3 is 2.84 bits per heavy atom. The van der Waals surface area contributed by atoms with Crippen molar-refractivity contribution in [3.63, 3.8) is 0 Å². The van der Waals surface area contributed by atoms with Crippen molar-refractivity contribution >= 4 is 5.97 Å². The Labute approximate surface area is 108 Å². The van der Waals surface area contributed by atoms with Crippen molar-refractivity contribution in [1.29, 1.82) is 0 Å². The summed E-state index contributed by atoms with van der Waals surface area (Å²) in [4.78, 5) is 18.7. The highest BCUT2D eigenvalue weighted by atomic mass is 19.1. The number of halogens is 1. The minimum Gasteiger partial charge on any atom is -0.479 e. The zero-order valence-corrected chi connectivity index (χ0v) is 10.1. The summed E-state index contributed by atoms with van der Waals surface area (Å²) in [5.74, 6) is -1.05. The van der Waals surface area contributed by atoms with E-state index in [1.54, 1.807) is 19.1 Å². The van der Waals surface area contributed by atoms with Gasteiger partial charge in [0.25, 0.3) is 0 Å². The SMILES string of the molecule is Cc1cc(OCC(=O)O)nc(-c2cccc(F)c2)n1. The van der Waals surface area contributed by atoms with Crippen LogP contribution >= 0.6 is 0 Å². The minimum absolute atomic E-state index is 0.147. The molecule has 1 aromatic heterocycles. The fraction of sp³-hybridized carbons (Fsp3) is 0.154. The van der Waals surface area contributed by atoms with E-state index in [-0.39, 0.29) is 5.88 Å². The maximum atomic E-state index is 13.1. The third-order valence-corrected chi connectivity index (χ3v) is 2.26. The summed E-state index contributed by atoms with van der Waals surface area (Å²) in [7, 11) is 0. The van der Waals surface area contributed by atoms with Crippen LogP contribution in [-0.4, -0.2) is 27.7 Å². The van der Waals surface area contributed by atoms with Gasteiger partial charge in [0.05, 0.1) is 0 Å². The van der Waals surface area contributed by atoms with Gasteiger partial charge in [-0.3, -0.25) is 0 Å². The van der Waals surface area contributed by atoms with Crippen LogP contribution in [0, 0.1) is 12.7 Å². The molecule has 0 saturated carbocycles. The summed E-state index contributed by atoms with van der Waals surface area (Å²) in [5, 5.41) is 8.55. The number of hydrogen-bond acceptors (Lipinski definition) is 4. The average molecular weight is 262 g/mol. The lowest BCUT2D eigenvalue weighted by atomic mass is 10.2. The van der Waals surface area contributed by atoms with Crippen LogP contribution in [0.25, 0.3) is 11.4 Å². The lowest BCUT2D eigenvalue weighted by molar-refractivity contribution is -0.139. The molecule has 0 amide bonds. The van der Waals surface area contributed by atoms with E-state index >= 15 is 0 Å². The van der Waals surface area contributed by atoms with Gasteiger partial charge in [0, 0.05) is 17.3 Å². The number of aliphatic carboxylic acids is 1. The third kappa shape index (κ3) is 3.48. The van der Waals surface area contributed by atoms with Crippen molar-refractivity contribution in [2.24, 2.45) is 0 Å². The molecule has 0 radical (unpaired) electrons. The maximum Gasteiger partial charge on any atom is 0.341 e. The Hall–Kier alpha value is -2.50. The van der Waals surface area contributed by atoms with E-state index in [0.717, 1.165) is 0 Å². The predicted molar refractivity (Wildman–Crippen MR) is 65.3 cm³/mol. The molecule has 1 N–H and O–H groups in total. The number of ether oxygens (including phenoxy) is 1. The quantitative estimate of drug-likeness (QED) is 0.913. The van der Waals surface area contributed by atoms with Crippen molar-refractivity contribution in [3.8, 4) is 17.3 Å². The first-order valence-corrected chi connectivity index (χ1v) is 5.51. The van der Waals surface area contributed by atoms with Gasteiger partial charge in [-0.25, -0.2) is 14.2 Å².